The van der Waals surface area contributed by atoms with Gasteiger partial charge < -0.3 is 9.15 Å². The Balaban J connectivity index is 1.35. The van der Waals surface area contributed by atoms with E-state index in [9.17, 15) is 0 Å². The van der Waals surface area contributed by atoms with Gasteiger partial charge in [-0.15, -0.1) is 0 Å². The number of hydrogen-bond donors (Lipinski definition) is 0. The van der Waals surface area contributed by atoms with Crippen LogP contribution in [-0.4, -0.2) is 30.5 Å². The molecule has 4 heteroatoms. The van der Waals surface area contributed by atoms with Gasteiger partial charge in [-0.3, -0.25) is 9.80 Å². The first-order valence-corrected chi connectivity index (χ1v) is 9.35. The number of nitrogens with zero attached hydrogens (tertiary/aromatic N) is 2. The maximum Gasteiger partial charge on any atom is 0.133 e. The SMILES string of the molecule is CN(Cc1ccc2c(c1)CN(C)C2)Cc1ccc(C2CCCCO2)o1. The zero-order valence-corrected chi connectivity index (χ0v) is 15.3. The fourth-order valence-electron chi connectivity index (χ4n) is 3.97. The van der Waals surface area contributed by atoms with Crippen LogP contribution in [0, 0.1) is 0 Å². The van der Waals surface area contributed by atoms with Crippen LogP contribution >= 0.6 is 0 Å². The number of ether oxygens (including phenoxy) is 1. The molecule has 3 heterocycles. The van der Waals surface area contributed by atoms with Crippen molar-refractivity contribution in [1.82, 2.24) is 9.80 Å². The number of benzene rings is 1. The topological polar surface area (TPSA) is 28.9 Å². The van der Waals surface area contributed by atoms with Gasteiger partial charge in [-0.1, -0.05) is 18.2 Å². The molecule has 0 N–H and O–H groups in total. The normalized spacial score (nSPS) is 21.0. The van der Waals surface area contributed by atoms with Crippen LogP contribution in [0.1, 0.15) is 53.6 Å². The molecule has 0 radical (unpaired) electrons. The quantitative estimate of drug-likeness (QED) is 0.819. The van der Waals surface area contributed by atoms with Gasteiger partial charge in [0.2, 0.25) is 0 Å². The van der Waals surface area contributed by atoms with Crippen LogP contribution in [0.3, 0.4) is 0 Å². The summed E-state index contributed by atoms with van der Waals surface area (Å²) in [6.07, 6.45) is 3.63. The van der Waals surface area contributed by atoms with Crippen molar-refractivity contribution in [3.63, 3.8) is 0 Å². The molecule has 4 nitrogen and oxygen atoms in total. The molecule has 1 aromatic heterocycles. The number of rotatable bonds is 5. The lowest BCUT2D eigenvalue weighted by Crippen LogP contribution is -2.17. The lowest BCUT2D eigenvalue weighted by molar-refractivity contribution is 0.000907. The maximum atomic E-state index is 6.05. The van der Waals surface area contributed by atoms with E-state index in [1.807, 2.05) is 0 Å². The first-order chi connectivity index (χ1) is 12.2. The third kappa shape index (κ3) is 3.97. The smallest absolute Gasteiger partial charge is 0.133 e. The molecule has 4 rings (SSSR count). The minimum Gasteiger partial charge on any atom is -0.462 e. The van der Waals surface area contributed by atoms with Gasteiger partial charge in [-0.2, -0.15) is 0 Å². The van der Waals surface area contributed by atoms with E-state index in [0.717, 1.165) is 50.7 Å². The lowest BCUT2D eigenvalue weighted by atomic mass is 10.1. The summed E-state index contributed by atoms with van der Waals surface area (Å²) < 4.78 is 11.9. The van der Waals surface area contributed by atoms with Crippen molar-refractivity contribution in [3.8, 4) is 0 Å². The van der Waals surface area contributed by atoms with Gasteiger partial charge in [0.05, 0.1) is 6.54 Å². The summed E-state index contributed by atoms with van der Waals surface area (Å²) in [5, 5.41) is 0. The van der Waals surface area contributed by atoms with E-state index in [4.69, 9.17) is 9.15 Å². The Bertz CT molecular complexity index is 718. The zero-order chi connectivity index (χ0) is 17.2. The molecule has 134 valence electrons. The summed E-state index contributed by atoms with van der Waals surface area (Å²) >= 11 is 0. The average molecular weight is 340 g/mol. The minimum absolute atomic E-state index is 0.154. The highest BCUT2D eigenvalue weighted by atomic mass is 16.5. The second-order valence-electron chi connectivity index (χ2n) is 7.61. The van der Waals surface area contributed by atoms with Gasteiger partial charge in [0.1, 0.15) is 17.6 Å². The number of fused-ring (bicyclic) bond motifs is 1. The molecule has 0 bridgehead atoms. The van der Waals surface area contributed by atoms with E-state index in [-0.39, 0.29) is 6.10 Å². The maximum absolute atomic E-state index is 6.05. The molecular formula is C21H28N2O2. The molecule has 2 aliphatic rings. The Hall–Kier alpha value is -1.62. The standard InChI is InChI=1S/C21H28N2O2/c1-22(12-16-6-7-17-13-23(2)14-18(17)11-16)15-19-8-9-21(25-19)20-5-3-4-10-24-20/h6-9,11,20H,3-5,10,12-15H2,1-2H3. The Morgan fingerprint density at radius 3 is 2.80 bits per heavy atom. The molecule has 1 saturated heterocycles. The molecule has 1 fully saturated rings. The molecular weight excluding hydrogens is 312 g/mol. The Labute approximate surface area is 150 Å². The van der Waals surface area contributed by atoms with Crippen molar-refractivity contribution < 1.29 is 9.15 Å². The van der Waals surface area contributed by atoms with Gasteiger partial charge in [0, 0.05) is 26.2 Å². The van der Waals surface area contributed by atoms with Gasteiger partial charge in [0.15, 0.2) is 0 Å². The molecule has 0 spiro atoms. The summed E-state index contributed by atoms with van der Waals surface area (Å²) in [7, 11) is 4.33. The largest absolute Gasteiger partial charge is 0.462 e. The third-order valence-electron chi connectivity index (χ3n) is 5.21. The van der Waals surface area contributed by atoms with Crippen molar-refractivity contribution in [1.29, 1.82) is 0 Å². The molecule has 0 saturated carbocycles. The molecule has 1 atom stereocenters. The summed E-state index contributed by atoms with van der Waals surface area (Å²) in [6.45, 7) is 4.75. The Morgan fingerprint density at radius 1 is 1.08 bits per heavy atom. The van der Waals surface area contributed by atoms with E-state index in [0.29, 0.717) is 0 Å². The van der Waals surface area contributed by atoms with Crippen LogP contribution in [-0.2, 0) is 30.9 Å². The van der Waals surface area contributed by atoms with Crippen molar-refractivity contribution in [2.24, 2.45) is 0 Å². The average Bonchev–Trinajstić information content (AvgIpc) is 3.21. The molecule has 2 aromatic rings. The summed E-state index contributed by atoms with van der Waals surface area (Å²) in [6, 6.07) is 11.1. The third-order valence-corrected chi connectivity index (χ3v) is 5.21. The van der Waals surface area contributed by atoms with Crippen LogP contribution in [0.2, 0.25) is 0 Å². The summed E-state index contributed by atoms with van der Waals surface area (Å²) in [4.78, 5) is 4.67. The van der Waals surface area contributed by atoms with Crippen LogP contribution in [0.15, 0.2) is 34.7 Å². The summed E-state index contributed by atoms with van der Waals surface area (Å²) in [5.41, 5.74) is 4.32. The van der Waals surface area contributed by atoms with E-state index >= 15 is 0 Å². The fourth-order valence-corrected chi connectivity index (χ4v) is 3.97. The van der Waals surface area contributed by atoms with Crippen LogP contribution in [0.25, 0.3) is 0 Å². The highest BCUT2D eigenvalue weighted by Crippen LogP contribution is 2.29. The number of furan rings is 1. The molecule has 2 aliphatic heterocycles. The van der Waals surface area contributed by atoms with Gasteiger partial charge in [-0.25, -0.2) is 0 Å². The van der Waals surface area contributed by atoms with Crippen LogP contribution in [0.4, 0.5) is 0 Å². The first-order valence-electron chi connectivity index (χ1n) is 9.35. The van der Waals surface area contributed by atoms with Crippen molar-refractivity contribution in [3.05, 3.63) is 58.5 Å². The summed E-state index contributed by atoms with van der Waals surface area (Å²) in [5.74, 6) is 2.01. The highest BCUT2D eigenvalue weighted by molar-refractivity contribution is 5.34. The van der Waals surface area contributed by atoms with Crippen molar-refractivity contribution in [2.75, 3.05) is 20.7 Å². The van der Waals surface area contributed by atoms with E-state index in [2.05, 4.69) is 54.2 Å². The molecule has 1 aromatic carbocycles. The second-order valence-corrected chi connectivity index (χ2v) is 7.61. The fraction of sp³-hybridized carbons (Fsp3) is 0.524. The highest BCUT2D eigenvalue weighted by Gasteiger charge is 2.20. The lowest BCUT2D eigenvalue weighted by Gasteiger charge is -2.20. The minimum atomic E-state index is 0.154. The van der Waals surface area contributed by atoms with Crippen molar-refractivity contribution >= 4 is 0 Å². The van der Waals surface area contributed by atoms with Gasteiger partial charge in [-0.05, 0) is 62.2 Å². The van der Waals surface area contributed by atoms with Crippen LogP contribution in [0.5, 0.6) is 0 Å². The van der Waals surface area contributed by atoms with Gasteiger partial charge >= 0.3 is 0 Å². The van der Waals surface area contributed by atoms with E-state index in [1.165, 1.54) is 29.5 Å². The Morgan fingerprint density at radius 2 is 1.96 bits per heavy atom. The van der Waals surface area contributed by atoms with Crippen molar-refractivity contribution in [2.45, 2.75) is 51.5 Å². The zero-order valence-electron chi connectivity index (χ0n) is 15.3. The predicted molar refractivity (Wildman–Crippen MR) is 98.0 cm³/mol. The molecule has 1 unspecified atom stereocenters. The molecule has 25 heavy (non-hydrogen) atoms. The molecule has 0 aliphatic carbocycles. The number of hydrogen-bond acceptors (Lipinski definition) is 4. The van der Waals surface area contributed by atoms with Gasteiger partial charge in [0.25, 0.3) is 0 Å². The Kier molecular flexibility index (Phi) is 4.93. The van der Waals surface area contributed by atoms with Crippen LogP contribution < -0.4 is 0 Å². The molecule has 0 amide bonds. The monoisotopic (exact) mass is 340 g/mol. The second kappa shape index (κ2) is 7.32. The first kappa shape index (κ1) is 16.8. The van der Waals surface area contributed by atoms with E-state index in [1.54, 1.807) is 0 Å². The predicted octanol–water partition coefficient (Wildman–Crippen LogP) is 4.10. The van der Waals surface area contributed by atoms with E-state index < -0.39 is 0 Å².